The molecule has 0 saturated heterocycles. The van der Waals surface area contributed by atoms with Crippen molar-refractivity contribution in [3.05, 3.63) is 12.7 Å². The predicted molar refractivity (Wildman–Crippen MR) is 63.5 cm³/mol. The number of alkyl carbamates (subject to hydrolysis) is 1. The number of aliphatic hydroxyl groups is 1. The van der Waals surface area contributed by atoms with Crippen LogP contribution >= 0.6 is 0 Å². The molecule has 0 aliphatic heterocycles. The van der Waals surface area contributed by atoms with Gasteiger partial charge >= 0.3 is 6.09 Å². The third-order valence-corrected chi connectivity index (χ3v) is 1.61. The second kappa shape index (κ2) is 6.90. The van der Waals surface area contributed by atoms with Gasteiger partial charge in [-0.1, -0.05) is 6.08 Å². The molecule has 0 aromatic rings. The van der Waals surface area contributed by atoms with Gasteiger partial charge in [-0.15, -0.1) is 6.58 Å². The molecule has 0 aromatic heterocycles. The van der Waals surface area contributed by atoms with Crippen LogP contribution in [0, 0.1) is 0 Å². The number of hydrogen-bond donors (Lipinski definition) is 3. The van der Waals surface area contributed by atoms with Gasteiger partial charge in [0.25, 0.3) is 0 Å². The van der Waals surface area contributed by atoms with Crippen LogP contribution in [0.25, 0.3) is 0 Å². The minimum absolute atomic E-state index is 0.269. The second-order valence-electron chi connectivity index (χ2n) is 4.42. The molecule has 6 heteroatoms. The number of amides is 2. The Bertz CT molecular complexity index is 284. The van der Waals surface area contributed by atoms with Crippen molar-refractivity contribution >= 4 is 12.0 Å². The Balaban J connectivity index is 4.25. The van der Waals surface area contributed by atoms with Gasteiger partial charge in [0.2, 0.25) is 5.91 Å². The van der Waals surface area contributed by atoms with Crippen LogP contribution in [0.1, 0.15) is 20.8 Å². The molecule has 0 unspecified atom stereocenters. The van der Waals surface area contributed by atoms with E-state index in [2.05, 4.69) is 17.2 Å². The predicted octanol–water partition coefficient (Wildman–Crippen LogP) is 0.174. The number of hydrogen-bond acceptors (Lipinski definition) is 4. The van der Waals surface area contributed by atoms with Crippen molar-refractivity contribution in [2.75, 3.05) is 13.2 Å². The summed E-state index contributed by atoms with van der Waals surface area (Å²) in [5.41, 5.74) is -0.651. The lowest BCUT2D eigenvalue weighted by Gasteiger charge is -2.22. The second-order valence-corrected chi connectivity index (χ2v) is 4.42. The molecule has 0 aliphatic rings. The Hall–Kier alpha value is -1.56. The number of carbonyl (C=O) groups excluding carboxylic acids is 2. The van der Waals surface area contributed by atoms with E-state index in [1.165, 1.54) is 6.08 Å². The highest BCUT2D eigenvalue weighted by Gasteiger charge is 2.23. The molecule has 2 amide bonds. The maximum Gasteiger partial charge on any atom is 0.408 e. The lowest BCUT2D eigenvalue weighted by atomic mass is 10.2. The lowest BCUT2D eigenvalue weighted by molar-refractivity contribution is -0.123. The first kappa shape index (κ1) is 15.4. The fourth-order valence-electron chi connectivity index (χ4n) is 0.940. The molecule has 0 fully saturated rings. The van der Waals surface area contributed by atoms with Gasteiger partial charge in [0.05, 0.1) is 6.61 Å². The van der Waals surface area contributed by atoms with Crippen LogP contribution in [-0.2, 0) is 9.53 Å². The highest BCUT2D eigenvalue weighted by atomic mass is 16.6. The van der Waals surface area contributed by atoms with Crippen molar-refractivity contribution in [2.45, 2.75) is 32.4 Å². The molecule has 0 saturated carbocycles. The summed E-state index contributed by atoms with van der Waals surface area (Å²) in [6.45, 7) is 8.33. The normalized spacial score (nSPS) is 12.5. The van der Waals surface area contributed by atoms with Crippen molar-refractivity contribution in [3.63, 3.8) is 0 Å². The summed E-state index contributed by atoms with van der Waals surface area (Å²) in [6, 6.07) is -1.02. The van der Waals surface area contributed by atoms with Gasteiger partial charge in [0.1, 0.15) is 11.6 Å². The summed E-state index contributed by atoms with van der Waals surface area (Å²) in [6.07, 6.45) is 0.755. The first-order chi connectivity index (χ1) is 7.80. The summed E-state index contributed by atoms with van der Waals surface area (Å²) in [7, 11) is 0. The third-order valence-electron chi connectivity index (χ3n) is 1.61. The zero-order valence-electron chi connectivity index (χ0n) is 10.4. The fraction of sp³-hybridized carbons (Fsp3) is 0.636. The van der Waals surface area contributed by atoms with Crippen molar-refractivity contribution < 1.29 is 19.4 Å². The molecule has 0 rings (SSSR count). The van der Waals surface area contributed by atoms with Crippen molar-refractivity contribution in [2.24, 2.45) is 0 Å². The maximum atomic E-state index is 11.4. The van der Waals surface area contributed by atoms with Crippen LogP contribution in [0.3, 0.4) is 0 Å². The van der Waals surface area contributed by atoms with Crippen LogP contribution < -0.4 is 10.6 Å². The third kappa shape index (κ3) is 7.35. The van der Waals surface area contributed by atoms with E-state index in [0.717, 1.165) is 0 Å². The molecule has 0 bridgehead atoms. The summed E-state index contributed by atoms with van der Waals surface area (Å²) in [4.78, 5) is 22.8. The topological polar surface area (TPSA) is 87.7 Å². The summed E-state index contributed by atoms with van der Waals surface area (Å²) in [5.74, 6) is -0.488. The van der Waals surface area contributed by atoms with Crippen LogP contribution in [-0.4, -0.2) is 41.9 Å². The van der Waals surface area contributed by atoms with Crippen molar-refractivity contribution in [1.29, 1.82) is 0 Å². The van der Waals surface area contributed by atoms with Crippen molar-refractivity contribution in [3.8, 4) is 0 Å². The Morgan fingerprint density at radius 2 is 2.06 bits per heavy atom. The van der Waals surface area contributed by atoms with Gasteiger partial charge in [-0.2, -0.15) is 0 Å². The highest BCUT2D eigenvalue weighted by molar-refractivity contribution is 5.85. The number of aliphatic hydroxyl groups excluding tert-OH is 1. The molecule has 17 heavy (non-hydrogen) atoms. The first-order valence-electron chi connectivity index (χ1n) is 5.29. The summed E-state index contributed by atoms with van der Waals surface area (Å²) >= 11 is 0. The molecule has 3 N–H and O–H groups in total. The quantitative estimate of drug-likeness (QED) is 0.602. The van der Waals surface area contributed by atoms with Crippen LogP contribution in [0.15, 0.2) is 12.7 Å². The van der Waals surface area contributed by atoms with Crippen molar-refractivity contribution in [1.82, 2.24) is 10.6 Å². The lowest BCUT2D eigenvalue weighted by Crippen LogP contribution is -2.50. The van der Waals surface area contributed by atoms with Gasteiger partial charge in [0, 0.05) is 6.54 Å². The number of rotatable bonds is 5. The van der Waals surface area contributed by atoms with Crippen LogP contribution in [0.5, 0.6) is 0 Å². The average molecular weight is 244 g/mol. The molecule has 0 aliphatic carbocycles. The van der Waals surface area contributed by atoms with E-state index in [0.29, 0.717) is 0 Å². The summed E-state index contributed by atoms with van der Waals surface area (Å²) in [5, 5.41) is 13.7. The molecule has 6 nitrogen and oxygen atoms in total. The molecular weight excluding hydrogens is 224 g/mol. The van der Waals surface area contributed by atoms with E-state index in [1.807, 2.05) is 0 Å². The smallest absolute Gasteiger partial charge is 0.408 e. The molecule has 1 atom stereocenters. The average Bonchev–Trinajstić information content (AvgIpc) is 2.19. The zero-order valence-corrected chi connectivity index (χ0v) is 10.4. The minimum Gasteiger partial charge on any atom is -0.444 e. The SMILES string of the molecule is C=CCNC(=O)[C@@H](CO)NC(=O)OC(C)(C)C. The zero-order chi connectivity index (χ0) is 13.5. The fourth-order valence-corrected chi connectivity index (χ4v) is 0.940. The van der Waals surface area contributed by atoms with Gasteiger partial charge < -0.3 is 20.5 Å². The minimum atomic E-state index is -1.02. The van der Waals surface area contributed by atoms with E-state index >= 15 is 0 Å². The first-order valence-corrected chi connectivity index (χ1v) is 5.29. The van der Waals surface area contributed by atoms with Crippen LogP contribution in [0.2, 0.25) is 0 Å². The van der Waals surface area contributed by atoms with E-state index in [1.54, 1.807) is 20.8 Å². The number of ether oxygens (including phenoxy) is 1. The van der Waals surface area contributed by atoms with E-state index in [9.17, 15) is 9.59 Å². The molecule has 98 valence electrons. The van der Waals surface area contributed by atoms with Gasteiger partial charge in [-0.05, 0) is 20.8 Å². The maximum absolute atomic E-state index is 11.4. The Morgan fingerprint density at radius 3 is 2.47 bits per heavy atom. The number of carbonyl (C=O) groups is 2. The Morgan fingerprint density at radius 1 is 1.47 bits per heavy atom. The van der Waals surface area contributed by atoms with Gasteiger partial charge in [-0.3, -0.25) is 4.79 Å². The van der Waals surface area contributed by atoms with E-state index in [4.69, 9.17) is 9.84 Å². The monoisotopic (exact) mass is 244 g/mol. The standard InChI is InChI=1S/C11H20N2O4/c1-5-6-12-9(15)8(7-14)13-10(16)17-11(2,3)4/h5,8,14H,1,6-7H2,2-4H3,(H,12,15)(H,13,16)/t8-/m1/s1. The van der Waals surface area contributed by atoms with Crippen LogP contribution in [0.4, 0.5) is 4.79 Å². The molecule has 0 radical (unpaired) electrons. The van der Waals surface area contributed by atoms with Gasteiger partial charge in [0.15, 0.2) is 0 Å². The Labute approximate surface area is 101 Å². The largest absolute Gasteiger partial charge is 0.444 e. The molecular formula is C11H20N2O4. The number of nitrogens with one attached hydrogen (secondary N) is 2. The summed E-state index contributed by atoms with van der Waals surface area (Å²) < 4.78 is 4.96. The highest BCUT2D eigenvalue weighted by Crippen LogP contribution is 2.06. The molecule has 0 spiro atoms. The Kier molecular flexibility index (Phi) is 6.27. The molecule has 0 heterocycles. The molecule has 0 aromatic carbocycles. The van der Waals surface area contributed by atoms with E-state index in [-0.39, 0.29) is 6.54 Å². The van der Waals surface area contributed by atoms with Gasteiger partial charge in [-0.25, -0.2) is 4.79 Å². The van der Waals surface area contributed by atoms with E-state index < -0.39 is 30.3 Å².